The van der Waals surface area contributed by atoms with Crippen LogP contribution in [0.4, 0.5) is 0 Å². The van der Waals surface area contributed by atoms with Gasteiger partial charge in [-0.05, 0) is 12.5 Å². The summed E-state index contributed by atoms with van der Waals surface area (Å²) in [7, 11) is 0. The Labute approximate surface area is 76.9 Å². The molecule has 68 valence electrons. The predicted octanol–water partition coefficient (Wildman–Crippen LogP) is 2.37. The Kier molecular flexibility index (Phi) is 3.20. The molecule has 0 bridgehead atoms. The van der Waals surface area contributed by atoms with Gasteiger partial charge in [-0.15, -0.1) is 0 Å². The van der Waals surface area contributed by atoms with E-state index in [1.807, 2.05) is 37.3 Å². The number of nitro groups is 1. The van der Waals surface area contributed by atoms with E-state index >= 15 is 0 Å². The standard InChI is InChI=1S/C10H11NO2/c1-2-9(8-11(12)13)10-6-4-3-5-7-10/h2-7H,8H2,1H3/b9-2+. The highest BCUT2D eigenvalue weighted by atomic mass is 16.6. The van der Waals surface area contributed by atoms with Crippen molar-refractivity contribution in [3.8, 4) is 0 Å². The topological polar surface area (TPSA) is 43.1 Å². The van der Waals surface area contributed by atoms with E-state index in [1.165, 1.54) is 0 Å². The van der Waals surface area contributed by atoms with Gasteiger partial charge < -0.3 is 0 Å². The molecule has 0 radical (unpaired) electrons. The SMILES string of the molecule is C/C=C(\C[N+](=O)[O-])c1ccccc1. The van der Waals surface area contributed by atoms with Gasteiger partial charge in [0.2, 0.25) is 6.54 Å². The fourth-order valence-corrected chi connectivity index (χ4v) is 1.14. The van der Waals surface area contributed by atoms with Crippen LogP contribution in [0.5, 0.6) is 0 Å². The van der Waals surface area contributed by atoms with Crippen molar-refractivity contribution in [2.24, 2.45) is 0 Å². The molecule has 0 aliphatic carbocycles. The summed E-state index contributed by atoms with van der Waals surface area (Å²) in [5.41, 5.74) is 1.67. The highest BCUT2D eigenvalue weighted by Crippen LogP contribution is 2.13. The Bertz CT molecular complexity index is 317. The summed E-state index contributed by atoms with van der Waals surface area (Å²) >= 11 is 0. The van der Waals surface area contributed by atoms with Gasteiger partial charge in [0.1, 0.15) is 0 Å². The zero-order valence-electron chi connectivity index (χ0n) is 7.43. The Morgan fingerprint density at radius 2 is 2.08 bits per heavy atom. The van der Waals surface area contributed by atoms with Gasteiger partial charge in [0.15, 0.2) is 0 Å². The van der Waals surface area contributed by atoms with Crippen LogP contribution in [-0.4, -0.2) is 11.5 Å². The van der Waals surface area contributed by atoms with Crippen molar-refractivity contribution in [3.63, 3.8) is 0 Å². The first-order chi connectivity index (χ1) is 6.24. The smallest absolute Gasteiger partial charge is 0.229 e. The molecule has 0 aromatic heterocycles. The van der Waals surface area contributed by atoms with Crippen molar-refractivity contribution in [2.45, 2.75) is 6.92 Å². The third kappa shape index (κ3) is 2.71. The van der Waals surface area contributed by atoms with E-state index in [0.29, 0.717) is 0 Å². The Balaban J connectivity index is 2.86. The lowest BCUT2D eigenvalue weighted by atomic mass is 10.1. The Morgan fingerprint density at radius 3 is 2.54 bits per heavy atom. The van der Waals surface area contributed by atoms with Crippen molar-refractivity contribution in [3.05, 3.63) is 52.1 Å². The number of nitrogens with zero attached hydrogens (tertiary/aromatic N) is 1. The van der Waals surface area contributed by atoms with Gasteiger partial charge in [-0.3, -0.25) is 10.1 Å². The van der Waals surface area contributed by atoms with Gasteiger partial charge in [-0.25, -0.2) is 0 Å². The van der Waals surface area contributed by atoms with E-state index in [2.05, 4.69) is 0 Å². The monoisotopic (exact) mass is 177 g/mol. The summed E-state index contributed by atoms with van der Waals surface area (Å²) in [6.07, 6.45) is 1.78. The van der Waals surface area contributed by atoms with Gasteiger partial charge in [-0.1, -0.05) is 36.4 Å². The molecule has 0 amide bonds. The first-order valence-electron chi connectivity index (χ1n) is 4.06. The van der Waals surface area contributed by atoms with Crippen LogP contribution in [0.3, 0.4) is 0 Å². The largest absolute Gasteiger partial charge is 0.264 e. The van der Waals surface area contributed by atoms with Gasteiger partial charge in [0, 0.05) is 10.5 Å². The molecule has 0 heterocycles. The zero-order chi connectivity index (χ0) is 9.68. The van der Waals surface area contributed by atoms with Crippen molar-refractivity contribution >= 4 is 5.57 Å². The molecule has 0 fully saturated rings. The zero-order valence-corrected chi connectivity index (χ0v) is 7.43. The maximum absolute atomic E-state index is 10.3. The molecule has 0 unspecified atom stereocenters. The van der Waals surface area contributed by atoms with Crippen molar-refractivity contribution in [2.75, 3.05) is 6.54 Å². The van der Waals surface area contributed by atoms with Crippen LogP contribution in [0.1, 0.15) is 12.5 Å². The number of benzene rings is 1. The first kappa shape index (κ1) is 9.45. The number of hydrogen-bond acceptors (Lipinski definition) is 2. The fourth-order valence-electron chi connectivity index (χ4n) is 1.14. The molecule has 13 heavy (non-hydrogen) atoms. The number of rotatable bonds is 3. The van der Waals surface area contributed by atoms with Crippen molar-refractivity contribution in [1.29, 1.82) is 0 Å². The van der Waals surface area contributed by atoms with Gasteiger partial charge in [0.25, 0.3) is 0 Å². The van der Waals surface area contributed by atoms with Gasteiger partial charge in [-0.2, -0.15) is 0 Å². The minimum atomic E-state index is -0.317. The van der Waals surface area contributed by atoms with Crippen LogP contribution in [0.25, 0.3) is 5.57 Å². The van der Waals surface area contributed by atoms with Crippen LogP contribution in [0, 0.1) is 10.1 Å². The van der Waals surface area contributed by atoms with Crippen LogP contribution >= 0.6 is 0 Å². The van der Waals surface area contributed by atoms with E-state index < -0.39 is 0 Å². The molecule has 0 saturated heterocycles. The second-order valence-corrected chi connectivity index (χ2v) is 2.67. The summed E-state index contributed by atoms with van der Waals surface area (Å²) in [6.45, 7) is 1.70. The van der Waals surface area contributed by atoms with Crippen LogP contribution in [0.15, 0.2) is 36.4 Å². The summed E-state index contributed by atoms with van der Waals surface area (Å²) in [4.78, 5) is 9.99. The molecular weight excluding hydrogens is 166 g/mol. The Morgan fingerprint density at radius 1 is 1.46 bits per heavy atom. The second-order valence-electron chi connectivity index (χ2n) is 2.67. The van der Waals surface area contributed by atoms with E-state index in [0.717, 1.165) is 11.1 Å². The molecule has 1 aromatic carbocycles. The third-order valence-corrected chi connectivity index (χ3v) is 1.79. The summed E-state index contributed by atoms with van der Waals surface area (Å²) in [5.74, 6) is 0. The molecule has 0 saturated carbocycles. The maximum Gasteiger partial charge on any atom is 0.229 e. The third-order valence-electron chi connectivity index (χ3n) is 1.79. The fraction of sp³-hybridized carbons (Fsp3) is 0.200. The van der Waals surface area contributed by atoms with Crippen molar-refractivity contribution < 1.29 is 4.92 Å². The van der Waals surface area contributed by atoms with Crippen LogP contribution < -0.4 is 0 Å². The van der Waals surface area contributed by atoms with E-state index in [1.54, 1.807) is 6.08 Å². The highest BCUT2D eigenvalue weighted by Gasteiger charge is 2.05. The molecular formula is C10H11NO2. The average molecular weight is 177 g/mol. The lowest BCUT2D eigenvalue weighted by molar-refractivity contribution is -0.465. The minimum absolute atomic E-state index is 0.111. The summed E-state index contributed by atoms with van der Waals surface area (Å²) in [6, 6.07) is 9.39. The lowest BCUT2D eigenvalue weighted by Gasteiger charge is -2.00. The molecule has 3 nitrogen and oxygen atoms in total. The number of allylic oxidation sites excluding steroid dienone is 1. The molecule has 0 spiro atoms. The summed E-state index contributed by atoms with van der Waals surface area (Å²) < 4.78 is 0. The lowest BCUT2D eigenvalue weighted by Crippen LogP contribution is -2.02. The molecule has 0 aliphatic rings. The predicted molar refractivity (Wildman–Crippen MR) is 52.0 cm³/mol. The molecule has 0 N–H and O–H groups in total. The van der Waals surface area contributed by atoms with Crippen LogP contribution in [-0.2, 0) is 0 Å². The minimum Gasteiger partial charge on any atom is -0.264 e. The molecule has 0 atom stereocenters. The molecule has 1 aromatic rings. The van der Waals surface area contributed by atoms with Crippen molar-refractivity contribution in [1.82, 2.24) is 0 Å². The normalized spacial score (nSPS) is 11.3. The quantitative estimate of drug-likeness (QED) is 0.525. The van der Waals surface area contributed by atoms with E-state index in [-0.39, 0.29) is 11.5 Å². The highest BCUT2D eigenvalue weighted by molar-refractivity contribution is 5.65. The molecule has 0 aliphatic heterocycles. The summed E-state index contributed by atoms with van der Waals surface area (Å²) in [5, 5.41) is 10.3. The van der Waals surface area contributed by atoms with Gasteiger partial charge >= 0.3 is 0 Å². The second kappa shape index (κ2) is 4.40. The maximum atomic E-state index is 10.3. The van der Waals surface area contributed by atoms with Gasteiger partial charge in [0.05, 0.1) is 0 Å². The van der Waals surface area contributed by atoms with Crippen LogP contribution in [0.2, 0.25) is 0 Å². The molecule has 1 rings (SSSR count). The average Bonchev–Trinajstić information content (AvgIpc) is 2.15. The first-order valence-corrected chi connectivity index (χ1v) is 4.06. The van der Waals surface area contributed by atoms with E-state index in [4.69, 9.17) is 0 Å². The number of hydrogen-bond donors (Lipinski definition) is 0. The Hall–Kier alpha value is -1.64. The molecule has 3 heteroatoms. The van der Waals surface area contributed by atoms with E-state index in [9.17, 15) is 10.1 Å².